The van der Waals surface area contributed by atoms with Crippen LogP contribution in [0.5, 0.6) is 11.5 Å². The summed E-state index contributed by atoms with van der Waals surface area (Å²) in [6.07, 6.45) is 5.62. The minimum absolute atomic E-state index is 0.0126. The summed E-state index contributed by atoms with van der Waals surface area (Å²) in [6, 6.07) is 11.1. The Morgan fingerprint density at radius 2 is 1.75 bits per heavy atom. The maximum Gasteiger partial charge on any atom is 0.269 e. The molecule has 1 aromatic heterocycles. The molecule has 2 atom stereocenters. The van der Waals surface area contributed by atoms with Gasteiger partial charge in [0.1, 0.15) is 11.5 Å². The first kappa shape index (κ1) is 35.2. The van der Waals surface area contributed by atoms with Gasteiger partial charge in [0.15, 0.2) is 0 Å². The Kier molecular flexibility index (Phi) is 10.4. The van der Waals surface area contributed by atoms with E-state index in [4.69, 9.17) is 15.2 Å². The van der Waals surface area contributed by atoms with Gasteiger partial charge in [0.25, 0.3) is 11.5 Å². The summed E-state index contributed by atoms with van der Waals surface area (Å²) in [5, 5.41) is 3.78. The number of fused-ring (bicyclic) bond motifs is 1. The molecule has 9 heteroatoms. The summed E-state index contributed by atoms with van der Waals surface area (Å²) in [5.41, 5.74) is 14.8. The van der Waals surface area contributed by atoms with Gasteiger partial charge in [-0.25, -0.2) is 0 Å². The predicted molar refractivity (Wildman–Crippen MR) is 192 cm³/mol. The van der Waals surface area contributed by atoms with Gasteiger partial charge in [0.2, 0.25) is 0 Å². The minimum Gasteiger partial charge on any atom is -0.496 e. The van der Waals surface area contributed by atoms with Crippen molar-refractivity contribution in [2.75, 3.05) is 33.9 Å². The van der Waals surface area contributed by atoms with Crippen LogP contribution in [0.1, 0.15) is 73.5 Å². The number of likely N-dealkylation sites (tertiary alicyclic amines) is 1. The van der Waals surface area contributed by atoms with Gasteiger partial charge in [-0.3, -0.25) is 14.5 Å². The molecule has 3 aromatic rings. The molecule has 0 radical (unpaired) electrons. The number of nitrogens with zero attached hydrogens (tertiary/aromatic N) is 3. The maximum atomic E-state index is 13.2. The Labute approximate surface area is 285 Å². The number of nitrogens with two attached hydrogens (primary N) is 1. The number of hydrogen-bond acceptors (Lipinski definition) is 7. The molecule has 3 N–H and O–H groups in total. The van der Waals surface area contributed by atoms with E-state index in [2.05, 4.69) is 68.2 Å². The summed E-state index contributed by atoms with van der Waals surface area (Å²) < 4.78 is 13.4. The van der Waals surface area contributed by atoms with E-state index in [-0.39, 0.29) is 22.9 Å². The van der Waals surface area contributed by atoms with Gasteiger partial charge in [-0.2, -0.15) is 0 Å². The van der Waals surface area contributed by atoms with Crippen LogP contribution in [0.15, 0.2) is 53.1 Å². The number of ether oxygens (including phenoxy) is 2. The highest BCUT2D eigenvalue weighted by Gasteiger charge is 2.30. The van der Waals surface area contributed by atoms with E-state index in [1.54, 1.807) is 25.8 Å². The van der Waals surface area contributed by atoms with Crippen molar-refractivity contribution in [2.24, 2.45) is 18.2 Å². The minimum atomic E-state index is -0.155. The molecule has 3 heterocycles. The van der Waals surface area contributed by atoms with Gasteiger partial charge in [0, 0.05) is 63.1 Å². The Morgan fingerprint density at radius 3 is 2.40 bits per heavy atom. The largest absolute Gasteiger partial charge is 0.496 e. The van der Waals surface area contributed by atoms with Crippen molar-refractivity contribution in [3.8, 4) is 22.6 Å². The Balaban J connectivity index is 1.24. The fourth-order valence-electron chi connectivity index (χ4n) is 7.14. The monoisotopic (exact) mass is 655 g/mol. The molecule has 1 saturated heterocycles. The summed E-state index contributed by atoms with van der Waals surface area (Å²) in [7, 11) is 5.17. The third-order valence-electron chi connectivity index (χ3n) is 9.94. The summed E-state index contributed by atoms with van der Waals surface area (Å²) in [6.45, 7) is 16.1. The van der Waals surface area contributed by atoms with Crippen molar-refractivity contribution in [3.05, 3.63) is 92.0 Å². The number of rotatable bonds is 9. The van der Waals surface area contributed by atoms with E-state index in [0.717, 1.165) is 71.8 Å². The number of pyridine rings is 1. The molecule has 9 nitrogen and oxygen atoms in total. The van der Waals surface area contributed by atoms with Crippen LogP contribution in [0.4, 0.5) is 0 Å². The van der Waals surface area contributed by atoms with Crippen LogP contribution >= 0.6 is 0 Å². The molecule has 1 fully saturated rings. The average Bonchev–Trinajstić information content (AvgIpc) is 3.51. The smallest absolute Gasteiger partial charge is 0.269 e. The summed E-state index contributed by atoms with van der Waals surface area (Å²) >= 11 is 0. The second-order valence-electron chi connectivity index (χ2n) is 14.6. The molecule has 0 aliphatic carbocycles. The number of nitrogens with one attached hydrogen (secondary N) is 1. The highest BCUT2D eigenvalue weighted by atomic mass is 16.5. The van der Waals surface area contributed by atoms with Crippen molar-refractivity contribution < 1.29 is 14.3 Å². The number of carbonyl (C=O) groups is 1. The van der Waals surface area contributed by atoms with Crippen LogP contribution in [0.2, 0.25) is 0 Å². The van der Waals surface area contributed by atoms with Gasteiger partial charge in [-0.1, -0.05) is 45.0 Å². The van der Waals surface area contributed by atoms with Crippen LogP contribution in [-0.2, 0) is 31.4 Å². The first-order valence-corrected chi connectivity index (χ1v) is 17.0. The average molecular weight is 656 g/mol. The van der Waals surface area contributed by atoms with Crippen LogP contribution < -0.4 is 26.1 Å². The molecule has 0 saturated carbocycles. The molecule has 2 aliphatic heterocycles. The lowest BCUT2D eigenvalue weighted by atomic mass is 9.91. The molecule has 2 aromatic carbocycles. The number of aryl methyl sites for hydroxylation is 1. The Hall–Kier alpha value is -4.08. The molecule has 2 aliphatic rings. The van der Waals surface area contributed by atoms with Crippen LogP contribution in [-0.4, -0.2) is 60.2 Å². The second kappa shape index (κ2) is 14.2. The van der Waals surface area contributed by atoms with Crippen LogP contribution in [0.25, 0.3) is 11.1 Å². The topological polar surface area (TPSA) is 102 Å². The second-order valence-corrected chi connectivity index (χ2v) is 14.6. The summed E-state index contributed by atoms with van der Waals surface area (Å²) in [5.74, 6) is 1.47. The van der Waals surface area contributed by atoms with Crippen molar-refractivity contribution in [1.29, 1.82) is 0 Å². The van der Waals surface area contributed by atoms with E-state index in [0.29, 0.717) is 24.8 Å². The van der Waals surface area contributed by atoms with E-state index in [9.17, 15) is 9.59 Å². The van der Waals surface area contributed by atoms with E-state index in [1.807, 2.05) is 31.0 Å². The van der Waals surface area contributed by atoms with Gasteiger partial charge < -0.3 is 30.0 Å². The molecule has 1 unspecified atom stereocenters. The van der Waals surface area contributed by atoms with Crippen molar-refractivity contribution in [2.45, 2.75) is 79.6 Å². The zero-order valence-electron chi connectivity index (χ0n) is 30.2. The normalized spacial score (nSPS) is 18.6. The molecule has 5 rings (SSSR count). The van der Waals surface area contributed by atoms with Crippen LogP contribution in [0.3, 0.4) is 0 Å². The highest BCUT2D eigenvalue weighted by Crippen LogP contribution is 2.38. The number of allylic oxidation sites excluding steroid dienone is 1. The summed E-state index contributed by atoms with van der Waals surface area (Å²) in [4.78, 5) is 30.1. The molecule has 0 bridgehead atoms. The lowest BCUT2D eigenvalue weighted by Gasteiger charge is -2.36. The van der Waals surface area contributed by atoms with Crippen LogP contribution in [0, 0.1) is 19.3 Å². The van der Waals surface area contributed by atoms with Crippen molar-refractivity contribution in [3.63, 3.8) is 0 Å². The van der Waals surface area contributed by atoms with Gasteiger partial charge >= 0.3 is 0 Å². The SMILES string of the molecule is COc1cc(-c2cn(C)c(=O)c(C)c2C)cc(OC)c1CN1CCC(NCc2ccc3c(c2)[C@@H](C)N(C(=O)/C(N)=C/C(C)(C)C)CC3)C1. The van der Waals surface area contributed by atoms with Crippen molar-refractivity contribution in [1.82, 2.24) is 19.7 Å². The molecular formula is C39H53N5O4. The standard InChI is InChI=1S/C39H53N5O4/c1-24-25(2)37(45)42(7)22-32(24)29-17-35(47-8)33(36(18-29)48-9)23-43-14-13-30(21-43)41-20-27-10-11-28-12-15-44(26(3)31(28)16-27)38(46)34(40)19-39(4,5)6/h10-11,16-19,22,26,30,41H,12-15,20-21,23,40H2,1-9H3/b34-19-/t26-,30?/m1/s1. The Bertz CT molecular complexity index is 1740. The number of amides is 1. The fraction of sp³-hybridized carbons (Fsp3) is 0.487. The first-order chi connectivity index (χ1) is 22.7. The van der Waals surface area contributed by atoms with Gasteiger partial charge in [-0.15, -0.1) is 0 Å². The molecule has 48 heavy (non-hydrogen) atoms. The highest BCUT2D eigenvalue weighted by molar-refractivity contribution is 5.93. The number of aromatic nitrogens is 1. The quantitative estimate of drug-likeness (QED) is 0.299. The zero-order chi connectivity index (χ0) is 34.9. The van der Waals surface area contributed by atoms with E-state index >= 15 is 0 Å². The maximum absolute atomic E-state index is 13.2. The molecule has 258 valence electrons. The molecular weight excluding hydrogens is 602 g/mol. The van der Waals surface area contributed by atoms with Crippen molar-refractivity contribution >= 4 is 5.91 Å². The lowest BCUT2D eigenvalue weighted by molar-refractivity contribution is -0.129. The number of hydrogen-bond donors (Lipinski definition) is 2. The number of benzene rings is 2. The zero-order valence-corrected chi connectivity index (χ0v) is 30.2. The number of carbonyl (C=O) groups excluding carboxylic acids is 1. The number of methoxy groups -OCH3 is 2. The first-order valence-electron chi connectivity index (χ1n) is 17.0. The molecule has 1 amide bonds. The lowest BCUT2D eigenvalue weighted by Crippen LogP contribution is -2.41. The van der Waals surface area contributed by atoms with E-state index < -0.39 is 0 Å². The van der Waals surface area contributed by atoms with Gasteiger partial charge in [-0.05, 0) is 79.0 Å². The third kappa shape index (κ3) is 7.47. The van der Waals surface area contributed by atoms with Gasteiger partial charge in [0.05, 0.1) is 31.5 Å². The third-order valence-corrected chi connectivity index (χ3v) is 9.94. The Morgan fingerprint density at radius 1 is 1.06 bits per heavy atom. The molecule has 0 spiro atoms. The fourth-order valence-corrected chi connectivity index (χ4v) is 7.14. The van der Waals surface area contributed by atoms with E-state index in [1.165, 1.54) is 16.7 Å². The predicted octanol–water partition coefficient (Wildman–Crippen LogP) is 5.38.